The summed E-state index contributed by atoms with van der Waals surface area (Å²) in [4.78, 5) is 42.7. The number of ether oxygens (including phenoxy) is 2. The van der Waals surface area contributed by atoms with E-state index in [-0.39, 0.29) is 23.3 Å². The molecule has 0 spiro atoms. The lowest BCUT2D eigenvalue weighted by Gasteiger charge is -2.23. The fraction of sp³-hybridized carbons (Fsp3) is 0.211. The van der Waals surface area contributed by atoms with Crippen molar-refractivity contribution >= 4 is 16.9 Å². The van der Waals surface area contributed by atoms with Crippen molar-refractivity contribution in [2.75, 3.05) is 7.11 Å². The highest BCUT2D eigenvalue weighted by atomic mass is 16.5. The number of aromatic nitrogens is 2. The molecule has 4 rings (SSSR count). The van der Waals surface area contributed by atoms with Crippen molar-refractivity contribution in [1.82, 2.24) is 9.97 Å². The second-order valence-corrected chi connectivity index (χ2v) is 6.30. The molecule has 0 saturated heterocycles. The molecule has 7 nitrogen and oxygen atoms in total. The van der Waals surface area contributed by atoms with Gasteiger partial charge in [-0.1, -0.05) is 0 Å². The predicted molar refractivity (Wildman–Crippen MR) is 95.0 cm³/mol. The van der Waals surface area contributed by atoms with Crippen LogP contribution in [0.25, 0.3) is 10.9 Å². The van der Waals surface area contributed by atoms with Gasteiger partial charge in [-0.25, -0.2) is 0 Å². The Balaban J connectivity index is 1.94. The molecule has 0 aliphatic carbocycles. The summed E-state index contributed by atoms with van der Waals surface area (Å²) in [6.07, 6.45) is -0.0656. The van der Waals surface area contributed by atoms with Gasteiger partial charge in [0.05, 0.1) is 24.6 Å². The summed E-state index contributed by atoms with van der Waals surface area (Å²) in [6.45, 7) is 1.70. The third kappa shape index (κ3) is 2.57. The minimum absolute atomic E-state index is 0.0656. The molecular weight excluding hydrogens is 336 g/mol. The van der Waals surface area contributed by atoms with Crippen molar-refractivity contribution in [3.63, 3.8) is 0 Å². The lowest BCUT2D eigenvalue weighted by Crippen LogP contribution is -2.31. The number of pyridine rings is 2. The highest BCUT2D eigenvalue weighted by Crippen LogP contribution is 2.36. The first-order valence-electron chi connectivity index (χ1n) is 8.11. The number of methoxy groups -OCH3 is 1. The van der Waals surface area contributed by atoms with Crippen LogP contribution in [0, 0.1) is 6.92 Å². The fourth-order valence-corrected chi connectivity index (χ4v) is 3.36. The van der Waals surface area contributed by atoms with Crippen LogP contribution in [0.15, 0.2) is 39.9 Å². The van der Waals surface area contributed by atoms with Crippen LogP contribution in [0.3, 0.4) is 0 Å². The van der Waals surface area contributed by atoms with Gasteiger partial charge >= 0.3 is 5.97 Å². The number of fused-ring (bicyclic) bond motifs is 2. The second-order valence-electron chi connectivity index (χ2n) is 6.30. The third-order valence-electron chi connectivity index (χ3n) is 4.57. The molecule has 1 aromatic carbocycles. The van der Waals surface area contributed by atoms with E-state index in [9.17, 15) is 14.4 Å². The summed E-state index contributed by atoms with van der Waals surface area (Å²) < 4.78 is 10.4. The third-order valence-corrected chi connectivity index (χ3v) is 4.57. The van der Waals surface area contributed by atoms with E-state index >= 15 is 0 Å². The molecule has 1 aliphatic rings. The Morgan fingerprint density at radius 3 is 2.65 bits per heavy atom. The quantitative estimate of drug-likeness (QED) is 0.687. The number of benzene rings is 1. The molecule has 0 saturated carbocycles. The van der Waals surface area contributed by atoms with Gasteiger partial charge < -0.3 is 19.4 Å². The Hall–Kier alpha value is -3.35. The molecule has 2 N–H and O–H groups in total. The molecule has 26 heavy (non-hydrogen) atoms. The molecule has 0 fully saturated rings. The van der Waals surface area contributed by atoms with Crippen molar-refractivity contribution in [2.45, 2.75) is 19.3 Å². The van der Waals surface area contributed by atoms with Crippen LogP contribution in [0.2, 0.25) is 0 Å². The van der Waals surface area contributed by atoms with Crippen LogP contribution < -0.4 is 20.6 Å². The monoisotopic (exact) mass is 352 g/mol. The first-order valence-corrected chi connectivity index (χ1v) is 8.11. The average Bonchev–Trinajstić information content (AvgIpc) is 2.59. The molecule has 0 radical (unpaired) electrons. The van der Waals surface area contributed by atoms with E-state index in [2.05, 4.69) is 9.97 Å². The SMILES string of the molecule is COc1ccc2cc(C3CC(=O)Oc4cc(C)[nH]c(=O)c43)c(=O)[nH]c2c1. The number of esters is 1. The minimum Gasteiger partial charge on any atom is -0.497 e. The lowest BCUT2D eigenvalue weighted by molar-refractivity contribution is -0.135. The molecular formula is C19H16N2O5. The van der Waals surface area contributed by atoms with Gasteiger partial charge in [0, 0.05) is 29.3 Å². The molecule has 0 amide bonds. The van der Waals surface area contributed by atoms with Gasteiger partial charge in [0.25, 0.3) is 11.1 Å². The first-order chi connectivity index (χ1) is 12.5. The van der Waals surface area contributed by atoms with Crippen LogP contribution in [-0.4, -0.2) is 23.0 Å². The zero-order valence-electron chi connectivity index (χ0n) is 14.2. The normalized spacial score (nSPS) is 16.2. The van der Waals surface area contributed by atoms with Gasteiger partial charge in [-0.3, -0.25) is 14.4 Å². The van der Waals surface area contributed by atoms with Gasteiger partial charge in [-0.2, -0.15) is 0 Å². The standard InChI is InChI=1S/C19H16N2O5/c1-9-5-15-17(19(24)20-9)12(8-16(22)26-15)13-6-10-3-4-11(25-2)7-14(10)21-18(13)23/h3-7,12H,8H2,1-2H3,(H,20,24)(H,21,23). The summed E-state index contributed by atoms with van der Waals surface area (Å²) in [5.74, 6) is -0.297. The summed E-state index contributed by atoms with van der Waals surface area (Å²) in [5.41, 5.74) is 1.16. The highest BCUT2D eigenvalue weighted by Gasteiger charge is 2.33. The van der Waals surface area contributed by atoms with Gasteiger partial charge in [-0.15, -0.1) is 0 Å². The second kappa shape index (κ2) is 5.87. The van der Waals surface area contributed by atoms with Crippen LogP contribution in [0.5, 0.6) is 11.5 Å². The minimum atomic E-state index is -0.661. The van der Waals surface area contributed by atoms with Crippen LogP contribution in [0.4, 0.5) is 0 Å². The van der Waals surface area contributed by atoms with Crippen LogP contribution in [-0.2, 0) is 4.79 Å². The fourth-order valence-electron chi connectivity index (χ4n) is 3.36. The largest absolute Gasteiger partial charge is 0.497 e. The van der Waals surface area contributed by atoms with E-state index in [0.29, 0.717) is 28.1 Å². The van der Waals surface area contributed by atoms with Crippen molar-refractivity contribution in [3.8, 4) is 11.5 Å². The molecule has 3 heterocycles. The Labute approximate surface area is 147 Å². The van der Waals surface area contributed by atoms with Crippen molar-refractivity contribution < 1.29 is 14.3 Å². The molecule has 3 aromatic rings. The van der Waals surface area contributed by atoms with E-state index < -0.39 is 11.9 Å². The number of aromatic amines is 2. The smallest absolute Gasteiger partial charge is 0.312 e. The van der Waals surface area contributed by atoms with E-state index in [1.807, 2.05) is 6.07 Å². The van der Waals surface area contributed by atoms with Crippen LogP contribution >= 0.6 is 0 Å². The number of rotatable bonds is 2. The molecule has 7 heteroatoms. The zero-order valence-corrected chi connectivity index (χ0v) is 14.2. The Morgan fingerprint density at radius 2 is 1.88 bits per heavy atom. The van der Waals surface area contributed by atoms with Gasteiger partial charge in [0.2, 0.25) is 0 Å². The molecule has 132 valence electrons. The zero-order chi connectivity index (χ0) is 18.4. The van der Waals surface area contributed by atoms with Gasteiger partial charge in [0.15, 0.2) is 0 Å². The Kier molecular flexibility index (Phi) is 3.64. The molecule has 1 unspecified atom stereocenters. The predicted octanol–water partition coefficient (Wildman–Crippen LogP) is 1.97. The molecule has 0 bridgehead atoms. The topological polar surface area (TPSA) is 101 Å². The number of carbonyl (C=O) groups is 1. The first kappa shape index (κ1) is 16.1. The maximum Gasteiger partial charge on any atom is 0.312 e. The van der Waals surface area contributed by atoms with Gasteiger partial charge in [0.1, 0.15) is 11.5 Å². The van der Waals surface area contributed by atoms with Gasteiger partial charge in [-0.05, 0) is 30.5 Å². The average molecular weight is 352 g/mol. The van der Waals surface area contributed by atoms with E-state index in [1.54, 1.807) is 38.3 Å². The number of carbonyl (C=O) groups excluding carboxylic acids is 1. The Bertz CT molecular complexity index is 1160. The van der Waals surface area contributed by atoms with Crippen LogP contribution in [0.1, 0.15) is 29.2 Å². The maximum absolute atomic E-state index is 12.7. The van der Waals surface area contributed by atoms with Crippen molar-refractivity contribution in [2.24, 2.45) is 0 Å². The number of aryl methyl sites for hydroxylation is 1. The number of hydrogen-bond acceptors (Lipinski definition) is 5. The molecule has 1 atom stereocenters. The number of H-pyrrole nitrogens is 2. The number of hydrogen-bond donors (Lipinski definition) is 2. The highest BCUT2D eigenvalue weighted by molar-refractivity contribution is 5.82. The summed E-state index contributed by atoms with van der Waals surface area (Å²) in [5, 5.41) is 0.782. The van der Waals surface area contributed by atoms with E-state index in [4.69, 9.17) is 9.47 Å². The van der Waals surface area contributed by atoms with Crippen molar-refractivity contribution in [1.29, 1.82) is 0 Å². The molecule has 2 aromatic heterocycles. The maximum atomic E-state index is 12.7. The summed E-state index contributed by atoms with van der Waals surface area (Å²) >= 11 is 0. The lowest BCUT2D eigenvalue weighted by atomic mass is 9.87. The van der Waals surface area contributed by atoms with E-state index in [1.165, 1.54) is 0 Å². The molecule has 1 aliphatic heterocycles. The summed E-state index contributed by atoms with van der Waals surface area (Å²) in [6, 6.07) is 8.62. The van der Waals surface area contributed by atoms with E-state index in [0.717, 1.165) is 5.39 Å². The van der Waals surface area contributed by atoms with Crippen molar-refractivity contribution in [3.05, 3.63) is 67.9 Å². The Morgan fingerprint density at radius 1 is 1.08 bits per heavy atom. The summed E-state index contributed by atoms with van der Waals surface area (Å²) in [7, 11) is 1.55. The number of nitrogens with one attached hydrogen (secondary N) is 2.